The molecule has 2 saturated heterocycles. The molecule has 2 aliphatic heterocycles. The number of hydrogen-bond acceptors (Lipinski definition) is 5. The molecule has 2 aliphatic rings. The number of rotatable bonds is 5. The number of hydrogen-bond donors (Lipinski definition) is 1. The summed E-state index contributed by atoms with van der Waals surface area (Å²) in [5.74, 6) is 0.757. The van der Waals surface area contributed by atoms with Crippen LogP contribution in [0.2, 0.25) is 0 Å². The summed E-state index contributed by atoms with van der Waals surface area (Å²) in [6.45, 7) is 9.66. The Balaban J connectivity index is 0.00000385. The van der Waals surface area contributed by atoms with Crippen LogP contribution in [-0.4, -0.2) is 79.7 Å². The third-order valence-corrected chi connectivity index (χ3v) is 5.98. The fourth-order valence-electron chi connectivity index (χ4n) is 4.39. The van der Waals surface area contributed by atoms with E-state index >= 15 is 0 Å². The lowest BCUT2D eigenvalue weighted by molar-refractivity contribution is -0.149. The first-order chi connectivity index (χ1) is 15.4. The maximum Gasteiger partial charge on any atom is 0.309 e. The smallest absolute Gasteiger partial charge is 0.309 e. The van der Waals surface area contributed by atoms with Gasteiger partial charge in [-0.05, 0) is 51.3 Å². The summed E-state index contributed by atoms with van der Waals surface area (Å²) < 4.78 is 10.9. The van der Waals surface area contributed by atoms with Gasteiger partial charge in [0.1, 0.15) is 0 Å². The van der Waals surface area contributed by atoms with Crippen LogP contribution in [0.3, 0.4) is 0 Å². The maximum absolute atomic E-state index is 12.8. The zero-order valence-electron chi connectivity index (χ0n) is 20.1. The van der Waals surface area contributed by atoms with Crippen LogP contribution in [-0.2, 0) is 20.8 Å². The van der Waals surface area contributed by atoms with Crippen LogP contribution >= 0.6 is 24.0 Å². The number of carbonyl (C=O) groups is 2. The summed E-state index contributed by atoms with van der Waals surface area (Å²) in [5, 5.41) is 3.40. The van der Waals surface area contributed by atoms with Crippen molar-refractivity contribution in [2.75, 3.05) is 39.8 Å². The first-order valence-electron chi connectivity index (χ1n) is 11.6. The molecule has 1 N–H and O–H groups in total. The number of ether oxygens (including phenoxy) is 2. The van der Waals surface area contributed by atoms with Gasteiger partial charge in [0, 0.05) is 45.3 Å². The van der Waals surface area contributed by atoms with Crippen molar-refractivity contribution in [2.24, 2.45) is 10.9 Å². The van der Waals surface area contributed by atoms with E-state index in [0.717, 1.165) is 37.5 Å². The van der Waals surface area contributed by atoms with Crippen LogP contribution < -0.4 is 5.32 Å². The van der Waals surface area contributed by atoms with Crippen molar-refractivity contribution in [1.29, 1.82) is 0 Å². The molecule has 0 aliphatic carbocycles. The van der Waals surface area contributed by atoms with Crippen LogP contribution in [0.4, 0.5) is 0 Å². The van der Waals surface area contributed by atoms with Crippen LogP contribution in [0.5, 0.6) is 0 Å². The fourth-order valence-corrected chi connectivity index (χ4v) is 4.39. The first kappa shape index (κ1) is 27.4. The molecule has 2 atom stereocenters. The minimum atomic E-state index is -0.0919. The Morgan fingerprint density at radius 2 is 1.70 bits per heavy atom. The number of benzene rings is 1. The van der Waals surface area contributed by atoms with Gasteiger partial charge in [-0.15, -0.1) is 24.0 Å². The van der Waals surface area contributed by atoms with E-state index < -0.39 is 0 Å². The summed E-state index contributed by atoms with van der Waals surface area (Å²) in [5.41, 5.74) is 1.77. The lowest BCUT2D eigenvalue weighted by Crippen LogP contribution is -2.48. The number of carbonyl (C=O) groups excluding carboxylic acids is 2. The summed E-state index contributed by atoms with van der Waals surface area (Å²) in [4.78, 5) is 33.2. The molecule has 0 spiro atoms. The van der Waals surface area contributed by atoms with Crippen LogP contribution in [0.1, 0.15) is 49.5 Å². The topological polar surface area (TPSA) is 83.5 Å². The van der Waals surface area contributed by atoms with Crippen molar-refractivity contribution in [3.8, 4) is 0 Å². The SMILES string of the molecule is CCOC(=O)C1CCN(C(=NC)NCc2ccc(C(=O)N3CC(C)OC(C)C3)cc2)CC1.I. The Morgan fingerprint density at radius 3 is 2.24 bits per heavy atom. The van der Waals surface area contributed by atoms with Crippen molar-refractivity contribution in [1.82, 2.24) is 15.1 Å². The average Bonchev–Trinajstić information content (AvgIpc) is 2.79. The number of aliphatic imine (C=N–C) groups is 1. The molecule has 8 nitrogen and oxygen atoms in total. The molecular weight excluding hydrogens is 535 g/mol. The second-order valence-corrected chi connectivity index (χ2v) is 8.58. The van der Waals surface area contributed by atoms with Gasteiger partial charge < -0.3 is 24.6 Å². The highest BCUT2D eigenvalue weighted by molar-refractivity contribution is 14.0. The van der Waals surface area contributed by atoms with Gasteiger partial charge in [0.15, 0.2) is 5.96 Å². The van der Waals surface area contributed by atoms with Crippen LogP contribution in [0, 0.1) is 5.92 Å². The van der Waals surface area contributed by atoms with Gasteiger partial charge in [-0.3, -0.25) is 14.6 Å². The number of morpholine rings is 1. The number of piperidine rings is 1. The summed E-state index contributed by atoms with van der Waals surface area (Å²) in [6.07, 6.45) is 1.66. The van der Waals surface area contributed by atoms with E-state index in [1.54, 1.807) is 7.05 Å². The monoisotopic (exact) mass is 572 g/mol. The average molecular weight is 572 g/mol. The van der Waals surface area contributed by atoms with Crippen molar-refractivity contribution < 1.29 is 19.1 Å². The fraction of sp³-hybridized carbons (Fsp3) is 0.625. The Labute approximate surface area is 214 Å². The van der Waals surface area contributed by atoms with Gasteiger partial charge in [-0.25, -0.2) is 0 Å². The van der Waals surface area contributed by atoms with Gasteiger partial charge in [0.05, 0.1) is 24.7 Å². The quantitative estimate of drug-likeness (QED) is 0.253. The third kappa shape index (κ3) is 7.56. The molecule has 9 heteroatoms. The highest BCUT2D eigenvalue weighted by atomic mass is 127. The molecule has 0 aromatic heterocycles. The second-order valence-electron chi connectivity index (χ2n) is 8.58. The number of halogens is 1. The summed E-state index contributed by atoms with van der Waals surface area (Å²) >= 11 is 0. The molecule has 2 fully saturated rings. The number of amides is 1. The minimum Gasteiger partial charge on any atom is -0.466 e. The van der Waals surface area contributed by atoms with E-state index in [1.165, 1.54) is 0 Å². The molecule has 2 unspecified atom stereocenters. The van der Waals surface area contributed by atoms with Crippen molar-refractivity contribution in [3.05, 3.63) is 35.4 Å². The first-order valence-corrected chi connectivity index (χ1v) is 11.6. The standard InChI is InChI=1S/C24H36N4O4.HI/c1-5-31-23(30)21-10-12-27(13-11-21)24(25-4)26-14-19-6-8-20(9-7-19)22(29)28-15-17(2)32-18(3)16-28;/h6-9,17-18,21H,5,10-16H2,1-4H3,(H,25,26);1H. The number of esters is 1. The zero-order chi connectivity index (χ0) is 23.1. The van der Waals surface area contributed by atoms with Gasteiger partial charge in [-0.2, -0.15) is 0 Å². The summed E-state index contributed by atoms with van der Waals surface area (Å²) in [6, 6.07) is 7.73. The maximum atomic E-state index is 12.8. The lowest BCUT2D eigenvalue weighted by Gasteiger charge is -2.35. The van der Waals surface area contributed by atoms with E-state index in [0.29, 0.717) is 31.8 Å². The van der Waals surface area contributed by atoms with Gasteiger partial charge >= 0.3 is 5.97 Å². The van der Waals surface area contributed by atoms with Crippen LogP contribution in [0.25, 0.3) is 0 Å². The molecule has 0 saturated carbocycles. The predicted molar refractivity (Wildman–Crippen MR) is 139 cm³/mol. The Hall–Kier alpha value is -1.88. The Kier molecular flexibility index (Phi) is 10.9. The zero-order valence-corrected chi connectivity index (χ0v) is 22.4. The van der Waals surface area contributed by atoms with E-state index in [2.05, 4.69) is 15.2 Å². The molecule has 1 amide bonds. The molecule has 3 rings (SSSR count). The molecule has 184 valence electrons. The van der Waals surface area contributed by atoms with Crippen LogP contribution in [0.15, 0.2) is 29.3 Å². The highest BCUT2D eigenvalue weighted by Crippen LogP contribution is 2.19. The third-order valence-electron chi connectivity index (χ3n) is 5.98. The normalized spacial score (nSPS) is 21.9. The lowest BCUT2D eigenvalue weighted by atomic mass is 9.97. The molecule has 2 heterocycles. The minimum absolute atomic E-state index is 0. The van der Waals surface area contributed by atoms with E-state index in [4.69, 9.17) is 9.47 Å². The molecular formula is C24H37IN4O4. The van der Waals surface area contributed by atoms with E-state index in [1.807, 2.05) is 49.9 Å². The summed E-state index contributed by atoms with van der Waals surface area (Å²) in [7, 11) is 1.77. The number of nitrogens with one attached hydrogen (secondary N) is 1. The number of nitrogens with zero attached hydrogens (tertiary/aromatic N) is 3. The van der Waals surface area contributed by atoms with Gasteiger partial charge in [-0.1, -0.05) is 12.1 Å². The highest BCUT2D eigenvalue weighted by Gasteiger charge is 2.28. The van der Waals surface area contributed by atoms with Crippen molar-refractivity contribution in [2.45, 2.75) is 52.4 Å². The largest absolute Gasteiger partial charge is 0.466 e. The van der Waals surface area contributed by atoms with Crippen molar-refractivity contribution >= 4 is 41.8 Å². The van der Waals surface area contributed by atoms with E-state index in [-0.39, 0.29) is 54.0 Å². The van der Waals surface area contributed by atoms with Gasteiger partial charge in [0.25, 0.3) is 5.91 Å². The number of guanidine groups is 1. The molecule has 0 radical (unpaired) electrons. The number of likely N-dealkylation sites (tertiary alicyclic amines) is 1. The Bertz CT molecular complexity index is 799. The second kappa shape index (κ2) is 13.1. The molecule has 33 heavy (non-hydrogen) atoms. The predicted octanol–water partition coefficient (Wildman–Crippen LogP) is 2.90. The Morgan fingerprint density at radius 1 is 1.09 bits per heavy atom. The van der Waals surface area contributed by atoms with E-state index in [9.17, 15) is 9.59 Å². The molecule has 1 aromatic carbocycles. The van der Waals surface area contributed by atoms with Gasteiger partial charge in [0.2, 0.25) is 0 Å². The molecule has 0 bridgehead atoms. The molecule has 1 aromatic rings. The van der Waals surface area contributed by atoms with Crippen molar-refractivity contribution in [3.63, 3.8) is 0 Å².